The summed E-state index contributed by atoms with van der Waals surface area (Å²) in [6.07, 6.45) is 4.86. The highest BCUT2D eigenvalue weighted by Crippen LogP contribution is 2.30. The van der Waals surface area contributed by atoms with E-state index in [1.807, 2.05) is 17.8 Å². The molecule has 0 radical (unpaired) electrons. The molecule has 3 rings (SSSR count). The van der Waals surface area contributed by atoms with Crippen LogP contribution < -0.4 is 0 Å². The van der Waals surface area contributed by atoms with Gasteiger partial charge in [-0.2, -0.15) is 0 Å². The van der Waals surface area contributed by atoms with Gasteiger partial charge in [0.05, 0.1) is 0 Å². The quantitative estimate of drug-likeness (QED) is 0.931. The first-order valence-electron chi connectivity index (χ1n) is 7.86. The van der Waals surface area contributed by atoms with Gasteiger partial charge in [0, 0.05) is 31.0 Å². The van der Waals surface area contributed by atoms with Crippen molar-refractivity contribution in [3.8, 4) is 0 Å². The molecule has 4 nitrogen and oxygen atoms in total. The van der Waals surface area contributed by atoms with Crippen molar-refractivity contribution >= 4 is 11.6 Å². The van der Waals surface area contributed by atoms with E-state index in [2.05, 4.69) is 9.88 Å². The summed E-state index contributed by atoms with van der Waals surface area (Å²) in [5.41, 5.74) is 0.941. The highest BCUT2D eigenvalue weighted by atomic mass is 35.5. The fourth-order valence-corrected chi connectivity index (χ4v) is 3.42. The molecule has 0 saturated carbocycles. The predicted molar refractivity (Wildman–Crippen MR) is 87.6 cm³/mol. The van der Waals surface area contributed by atoms with Crippen molar-refractivity contribution in [3.05, 3.63) is 52.8 Å². The minimum Gasteiger partial charge on any atom is -0.385 e. The van der Waals surface area contributed by atoms with Crippen molar-refractivity contribution in [3.63, 3.8) is 0 Å². The molecule has 6 heteroatoms. The van der Waals surface area contributed by atoms with Gasteiger partial charge in [-0.1, -0.05) is 17.7 Å². The summed E-state index contributed by atoms with van der Waals surface area (Å²) >= 11 is 6.10. The van der Waals surface area contributed by atoms with Gasteiger partial charge < -0.3 is 9.67 Å². The summed E-state index contributed by atoms with van der Waals surface area (Å²) in [6, 6.07) is 4.54. The first-order chi connectivity index (χ1) is 11.0. The molecule has 0 bridgehead atoms. The molecular weight excluding hydrogens is 317 g/mol. The number of rotatable bonds is 4. The van der Waals surface area contributed by atoms with Crippen molar-refractivity contribution in [2.75, 3.05) is 13.1 Å². The van der Waals surface area contributed by atoms with Gasteiger partial charge in [0.25, 0.3) is 0 Å². The zero-order valence-corrected chi connectivity index (χ0v) is 13.9. The number of benzene rings is 1. The van der Waals surface area contributed by atoms with Crippen LogP contribution in [-0.4, -0.2) is 32.6 Å². The molecule has 0 spiro atoms. The second kappa shape index (κ2) is 6.99. The van der Waals surface area contributed by atoms with E-state index in [1.54, 1.807) is 12.3 Å². The Bertz CT molecular complexity index is 668. The van der Waals surface area contributed by atoms with Gasteiger partial charge in [-0.25, -0.2) is 9.37 Å². The molecule has 1 aliphatic rings. The summed E-state index contributed by atoms with van der Waals surface area (Å²) in [4.78, 5) is 6.54. The number of hydrogen-bond acceptors (Lipinski definition) is 3. The number of halogens is 2. The van der Waals surface area contributed by atoms with Gasteiger partial charge in [-0.05, 0) is 49.5 Å². The Morgan fingerprint density at radius 1 is 1.39 bits per heavy atom. The van der Waals surface area contributed by atoms with Crippen molar-refractivity contribution in [1.29, 1.82) is 0 Å². The number of likely N-dealkylation sites (tertiary alicyclic amines) is 1. The molecule has 1 unspecified atom stereocenters. The topological polar surface area (TPSA) is 41.3 Å². The lowest BCUT2D eigenvalue weighted by molar-refractivity contribution is 0.0492. The lowest BCUT2D eigenvalue weighted by atomic mass is 9.90. The highest BCUT2D eigenvalue weighted by Gasteiger charge is 2.28. The predicted octanol–water partition coefficient (Wildman–Crippen LogP) is 3.16. The van der Waals surface area contributed by atoms with Crippen LogP contribution in [0.3, 0.4) is 0 Å². The lowest BCUT2D eigenvalue weighted by Gasteiger charge is -2.34. The van der Waals surface area contributed by atoms with Gasteiger partial charge in [-0.3, -0.25) is 4.90 Å². The van der Waals surface area contributed by atoms with Crippen LogP contribution in [0.15, 0.2) is 30.6 Å². The van der Waals surface area contributed by atoms with Gasteiger partial charge in [-0.15, -0.1) is 0 Å². The molecule has 124 valence electrons. The van der Waals surface area contributed by atoms with E-state index in [9.17, 15) is 9.50 Å². The van der Waals surface area contributed by atoms with E-state index >= 15 is 0 Å². The Morgan fingerprint density at radius 3 is 2.74 bits per heavy atom. The van der Waals surface area contributed by atoms with Crippen LogP contribution in [0.1, 0.15) is 30.3 Å². The maximum atomic E-state index is 13.1. The lowest BCUT2D eigenvalue weighted by Crippen LogP contribution is -2.35. The Labute approximate surface area is 140 Å². The zero-order chi connectivity index (χ0) is 16.4. The Balaban J connectivity index is 1.57. The molecule has 0 aliphatic carbocycles. The van der Waals surface area contributed by atoms with Gasteiger partial charge in [0.2, 0.25) is 0 Å². The fraction of sp³-hybridized carbons (Fsp3) is 0.471. The van der Waals surface area contributed by atoms with E-state index in [1.165, 1.54) is 12.1 Å². The minimum absolute atomic E-state index is 0.219. The van der Waals surface area contributed by atoms with Crippen LogP contribution in [0.25, 0.3) is 0 Å². The summed E-state index contributed by atoms with van der Waals surface area (Å²) in [5, 5.41) is 11.0. The summed E-state index contributed by atoms with van der Waals surface area (Å²) in [7, 11) is 1.90. The molecule has 1 aromatic heterocycles. The number of nitrogens with zero attached hydrogens (tertiary/aromatic N) is 3. The minimum atomic E-state index is -0.522. The summed E-state index contributed by atoms with van der Waals surface area (Å²) < 4.78 is 15.0. The molecule has 1 saturated heterocycles. The van der Waals surface area contributed by atoms with Crippen LogP contribution in [0.4, 0.5) is 4.39 Å². The third-order valence-corrected chi connectivity index (χ3v) is 4.96. The Hall–Kier alpha value is -1.43. The third-order valence-electron chi connectivity index (χ3n) is 4.61. The van der Waals surface area contributed by atoms with Crippen molar-refractivity contribution in [2.24, 2.45) is 13.0 Å². The SMILES string of the molecule is Cn1ccnc1C(O)C1CCN(Cc2ccc(F)cc2Cl)CC1. The van der Waals surface area contributed by atoms with E-state index < -0.39 is 6.10 Å². The Kier molecular flexibility index (Phi) is 4.99. The van der Waals surface area contributed by atoms with Crippen LogP contribution in [-0.2, 0) is 13.6 Å². The average Bonchev–Trinajstić information content (AvgIpc) is 2.96. The second-order valence-corrected chi connectivity index (χ2v) is 6.60. The zero-order valence-electron chi connectivity index (χ0n) is 13.1. The molecule has 1 aromatic carbocycles. The van der Waals surface area contributed by atoms with Crippen molar-refractivity contribution in [2.45, 2.75) is 25.5 Å². The number of hydrogen-bond donors (Lipinski definition) is 1. The molecule has 0 amide bonds. The number of aliphatic hydroxyl groups is 1. The van der Waals surface area contributed by atoms with E-state index in [4.69, 9.17) is 11.6 Å². The first-order valence-corrected chi connectivity index (χ1v) is 8.24. The van der Waals surface area contributed by atoms with Crippen molar-refractivity contribution in [1.82, 2.24) is 14.5 Å². The third kappa shape index (κ3) is 3.74. The van der Waals surface area contributed by atoms with Crippen LogP contribution in [0, 0.1) is 11.7 Å². The fourth-order valence-electron chi connectivity index (χ4n) is 3.19. The van der Waals surface area contributed by atoms with Crippen LogP contribution in [0.2, 0.25) is 5.02 Å². The van der Waals surface area contributed by atoms with Gasteiger partial charge >= 0.3 is 0 Å². The van der Waals surface area contributed by atoms with Crippen LogP contribution >= 0.6 is 11.6 Å². The maximum Gasteiger partial charge on any atom is 0.137 e. The maximum absolute atomic E-state index is 13.1. The Morgan fingerprint density at radius 2 is 2.13 bits per heavy atom. The van der Waals surface area contributed by atoms with Crippen LogP contribution in [0.5, 0.6) is 0 Å². The molecule has 2 heterocycles. The smallest absolute Gasteiger partial charge is 0.137 e. The number of piperidine rings is 1. The number of aliphatic hydroxyl groups excluding tert-OH is 1. The monoisotopic (exact) mass is 337 g/mol. The molecule has 23 heavy (non-hydrogen) atoms. The standard InChI is InChI=1S/C17H21ClFN3O/c1-21-9-6-20-17(21)16(23)12-4-7-22(8-5-12)11-13-2-3-14(19)10-15(13)18/h2-3,6,9-10,12,16,23H,4-5,7-8,11H2,1H3. The average molecular weight is 338 g/mol. The molecule has 1 aliphatic heterocycles. The van der Waals surface area contributed by atoms with E-state index in [0.29, 0.717) is 11.6 Å². The van der Waals surface area contributed by atoms with E-state index in [-0.39, 0.29) is 11.7 Å². The number of imidazole rings is 1. The highest BCUT2D eigenvalue weighted by molar-refractivity contribution is 6.31. The summed E-state index contributed by atoms with van der Waals surface area (Å²) in [5.74, 6) is 0.636. The number of aryl methyl sites for hydroxylation is 1. The number of aromatic nitrogens is 2. The van der Waals surface area contributed by atoms with Crippen molar-refractivity contribution < 1.29 is 9.50 Å². The molecular formula is C17H21ClFN3O. The molecule has 1 fully saturated rings. The summed E-state index contributed by atoms with van der Waals surface area (Å²) in [6.45, 7) is 2.49. The molecule has 1 N–H and O–H groups in total. The van der Waals surface area contributed by atoms with Gasteiger partial charge in [0.15, 0.2) is 0 Å². The second-order valence-electron chi connectivity index (χ2n) is 6.19. The molecule has 2 aromatic rings. The van der Waals surface area contributed by atoms with Gasteiger partial charge in [0.1, 0.15) is 17.7 Å². The molecule has 1 atom stereocenters. The largest absolute Gasteiger partial charge is 0.385 e. The van der Waals surface area contributed by atoms with E-state index in [0.717, 1.165) is 37.3 Å². The first kappa shape index (κ1) is 16.4. The normalized spacial score (nSPS) is 18.3.